The molecule has 1 aliphatic rings. The van der Waals surface area contributed by atoms with Crippen LogP contribution in [0.15, 0.2) is 58.0 Å². The summed E-state index contributed by atoms with van der Waals surface area (Å²) in [7, 11) is 0. The Balaban J connectivity index is 1.50. The monoisotopic (exact) mass is 509 g/mol. The van der Waals surface area contributed by atoms with Crippen LogP contribution in [0, 0.1) is 17.0 Å². The molecule has 1 heterocycles. The van der Waals surface area contributed by atoms with E-state index in [1.54, 1.807) is 31.2 Å². The van der Waals surface area contributed by atoms with Crippen molar-refractivity contribution in [2.24, 2.45) is 5.10 Å². The number of halogens is 1. The molecule has 1 aliphatic carbocycles. The maximum atomic E-state index is 12.8. The van der Waals surface area contributed by atoms with Gasteiger partial charge in [-0.3, -0.25) is 35.3 Å². The lowest BCUT2D eigenvalue weighted by atomic mass is 9.93. The Morgan fingerprint density at radius 2 is 1.64 bits per heavy atom. The molecule has 3 N–H and O–H groups in total. The summed E-state index contributed by atoms with van der Waals surface area (Å²) in [4.78, 5) is 48.1. The van der Waals surface area contributed by atoms with Crippen molar-refractivity contribution in [3.63, 3.8) is 0 Å². The van der Waals surface area contributed by atoms with Crippen molar-refractivity contribution in [2.45, 2.75) is 26.2 Å². The summed E-state index contributed by atoms with van der Waals surface area (Å²) in [6.45, 7) is 1.66. The highest BCUT2D eigenvalue weighted by atomic mass is 35.5. The second-order valence-corrected chi connectivity index (χ2v) is 8.28. The first kappa shape index (κ1) is 24.6. The van der Waals surface area contributed by atoms with Crippen molar-refractivity contribution < 1.29 is 23.7 Å². The van der Waals surface area contributed by atoms with Crippen LogP contribution in [0.2, 0.25) is 5.02 Å². The number of hydrogen-bond acceptors (Lipinski definition) is 7. The van der Waals surface area contributed by atoms with Crippen LogP contribution in [-0.4, -0.2) is 28.4 Å². The van der Waals surface area contributed by atoms with E-state index in [0.29, 0.717) is 46.9 Å². The molecule has 0 atom stereocenters. The number of carbonyl (C=O) groups is 3. The minimum Gasteiger partial charge on any atom is -0.455 e. The molecule has 1 aromatic heterocycles. The third-order valence-electron chi connectivity index (χ3n) is 5.58. The first-order chi connectivity index (χ1) is 17.3. The third kappa shape index (κ3) is 4.96. The molecule has 0 radical (unpaired) electrons. The van der Waals surface area contributed by atoms with Gasteiger partial charge in [0.2, 0.25) is 0 Å². The van der Waals surface area contributed by atoms with Crippen LogP contribution in [0.1, 0.15) is 61.0 Å². The number of nitrogens with one attached hydrogen (secondary N) is 3. The molecule has 0 spiro atoms. The van der Waals surface area contributed by atoms with Crippen molar-refractivity contribution in [2.75, 3.05) is 0 Å². The second-order valence-electron chi connectivity index (χ2n) is 7.87. The molecule has 0 bridgehead atoms. The standard InChI is InChI=1S/C24H20ClN5O6/c1-13-20-17(26-27-22(31)14-7-2-4-9-16(14)25)10-6-12-19(20)36-21(13)24(33)29-28-23(32)15-8-3-5-11-18(15)30(34)35/h2-5,7-9,11H,6,10,12H2,1H3,(H,27,31)(H,28,32)(H,29,33)/b26-17+. The number of hydrazone groups is 1. The summed E-state index contributed by atoms with van der Waals surface area (Å²) in [5, 5.41) is 15.7. The van der Waals surface area contributed by atoms with Gasteiger partial charge in [-0.15, -0.1) is 0 Å². The lowest BCUT2D eigenvalue weighted by Gasteiger charge is -2.13. The van der Waals surface area contributed by atoms with Crippen LogP contribution in [0.3, 0.4) is 0 Å². The molecular weight excluding hydrogens is 490 g/mol. The van der Waals surface area contributed by atoms with Crippen molar-refractivity contribution in [3.8, 4) is 0 Å². The number of benzene rings is 2. The zero-order chi connectivity index (χ0) is 25.8. The molecule has 4 rings (SSSR count). The topological polar surface area (TPSA) is 156 Å². The van der Waals surface area contributed by atoms with E-state index in [4.69, 9.17) is 16.0 Å². The zero-order valence-electron chi connectivity index (χ0n) is 19.0. The van der Waals surface area contributed by atoms with Crippen LogP contribution in [-0.2, 0) is 6.42 Å². The van der Waals surface area contributed by atoms with E-state index >= 15 is 0 Å². The summed E-state index contributed by atoms with van der Waals surface area (Å²) in [5.74, 6) is -1.59. The van der Waals surface area contributed by atoms with Crippen LogP contribution in [0.4, 0.5) is 5.69 Å². The molecule has 2 aromatic carbocycles. The summed E-state index contributed by atoms with van der Waals surface area (Å²) >= 11 is 6.07. The number of aryl methyl sites for hydroxylation is 1. The van der Waals surface area contributed by atoms with Gasteiger partial charge in [0.15, 0.2) is 5.76 Å². The Bertz CT molecular complexity index is 1410. The lowest BCUT2D eigenvalue weighted by Crippen LogP contribution is -2.42. The fourth-order valence-corrected chi connectivity index (χ4v) is 4.10. The number of furan rings is 1. The lowest BCUT2D eigenvalue weighted by molar-refractivity contribution is -0.385. The van der Waals surface area contributed by atoms with E-state index in [1.807, 2.05) is 0 Å². The number of nitro benzene ring substituents is 1. The predicted molar refractivity (Wildman–Crippen MR) is 130 cm³/mol. The fraction of sp³-hybridized carbons (Fsp3) is 0.167. The summed E-state index contributed by atoms with van der Waals surface area (Å²) in [5.41, 5.74) is 8.20. The van der Waals surface area contributed by atoms with Crippen LogP contribution in [0.25, 0.3) is 0 Å². The van der Waals surface area contributed by atoms with Crippen molar-refractivity contribution in [1.82, 2.24) is 16.3 Å². The average Bonchev–Trinajstić information content (AvgIpc) is 3.23. The fourth-order valence-electron chi connectivity index (χ4n) is 3.88. The molecule has 3 amide bonds. The van der Waals surface area contributed by atoms with Crippen molar-refractivity contribution in [1.29, 1.82) is 0 Å². The molecular formula is C24H20ClN5O6. The number of hydrogen-bond donors (Lipinski definition) is 3. The van der Waals surface area contributed by atoms with Gasteiger partial charge in [-0.2, -0.15) is 5.10 Å². The van der Waals surface area contributed by atoms with E-state index in [9.17, 15) is 24.5 Å². The van der Waals surface area contributed by atoms with Gasteiger partial charge in [-0.1, -0.05) is 35.9 Å². The van der Waals surface area contributed by atoms with Gasteiger partial charge in [0.05, 0.1) is 21.2 Å². The minimum absolute atomic E-state index is 0.0464. The van der Waals surface area contributed by atoms with Crippen molar-refractivity contribution in [3.05, 3.63) is 97.4 Å². The van der Waals surface area contributed by atoms with Gasteiger partial charge in [0, 0.05) is 23.6 Å². The number of carbonyl (C=O) groups excluding carboxylic acids is 3. The Kier molecular flexibility index (Phi) is 7.11. The van der Waals surface area contributed by atoms with Crippen molar-refractivity contribution >= 4 is 40.7 Å². The largest absolute Gasteiger partial charge is 0.455 e. The van der Waals surface area contributed by atoms with Gasteiger partial charge < -0.3 is 4.42 Å². The third-order valence-corrected chi connectivity index (χ3v) is 5.91. The van der Waals surface area contributed by atoms with E-state index in [1.165, 1.54) is 24.3 Å². The summed E-state index contributed by atoms with van der Waals surface area (Å²) < 4.78 is 5.75. The molecule has 36 heavy (non-hydrogen) atoms. The molecule has 0 unspecified atom stereocenters. The van der Waals surface area contributed by atoms with E-state index < -0.39 is 28.3 Å². The summed E-state index contributed by atoms with van der Waals surface area (Å²) in [6.07, 6.45) is 1.80. The second kappa shape index (κ2) is 10.4. The molecule has 0 fully saturated rings. The highest BCUT2D eigenvalue weighted by Gasteiger charge is 2.29. The van der Waals surface area contributed by atoms with Crippen LogP contribution in [0.5, 0.6) is 0 Å². The Hall–Kier alpha value is -4.51. The number of hydrazine groups is 1. The van der Waals surface area contributed by atoms with Gasteiger partial charge in [0.25, 0.3) is 17.5 Å². The number of para-hydroxylation sites is 1. The molecule has 0 aliphatic heterocycles. The normalized spacial score (nSPS) is 13.6. The van der Waals surface area contributed by atoms with E-state index in [-0.39, 0.29) is 16.9 Å². The van der Waals surface area contributed by atoms with E-state index in [2.05, 4.69) is 21.4 Å². The molecule has 11 nitrogen and oxygen atoms in total. The van der Waals surface area contributed by atoms with Gasteiger partial charge >= 0.3 is 5.91 Å². The van der Waals surface area contributed by atoms with E-state index in [0.717, 1.165) is 0 Å². The Labute approximate surface area is 209 Å². The maximum Gasteiger partial charge on any atom is 0.305 e. The van der Waals surface area contributed by atoms with Gasteiger partial charge in [0.1, 0.15) is 11.3 Å². The predicted octanol–water partition coefficient (Wildman–Crippen LogP) is 3.69. The molecule has 12 heteroatoms. The molecule has 184 valence electrons. The highest BCUT2D eigenvalue weighted by molar-refractivity contribution is 6.33. The number of nitro groups is 1. The number of rotatable bonds is 5. The van der Waals surface area contributed by atoms with Crippen LogP contribution < -0.4 is 16.3 Å². The number of amides is 3. The Morgan fingerprint density at radius 3 is 2.36 bits per heavy atom. The first-order valence-corrected chi connectivity index (χ1v) is 11.2. The molecule has 0 saturated carbocycles. The smallest absolute Gasteiger partial charge is 0.305 e. The minimum atomic E-state index is -0.853. The number of nitrogens with zero attached hydrogens (tertiary/aromatic N) is 2. The zero-order valence-corrected chi connectivity index (χ0v) is 19.7. The Morgan fingerprint density at radius 1 is 0.972 bits per heavy atom. The SMILES string of the molecule is Cc1c(C(=O)NNC(=O)c2ccccc2[N+](=O)[O-])oc2c1/C(=N/NC(=O)c1ccccc1Cl)CCC2. The average molecular weight is 510 g/mol. The summed E-state index contributed by atoms with van der Waals surface area (Å²) in [6, 6.07) is 11.9. The molecule has 0 saturated heterocycles. The van der Waals surface area contributed by atoms with Gasteiger partial charge in [-0.05, 0) is 38.0 Å². The highest BCUT2D eigenvalue weighted by Crippen LogP contribution is 2.30. The quantitative estimate of drug-likeness (QED) is 0.351. The van der Waals surface area contributed by atoms with Crippen LogP contribution >= 0.6 is 11.6 Å². The first-order valence-electron chi connectivity index (χ1n) is 10.9. The van der Waals surface area contributed by atoms with Gasteiger partial charge in [-0.25, -0.2) is 5.43 Å². The maximum absolute atomic E-state index is 12.8. The number of fused-ring (bicyclic) bond motifs is 1. The molecule has 3 aromatic rings.